The number of rotatable bonds is 4. The number of aromatic nitrogens is 1. The summed E-state index contributed by atoms with van der Waals surface area (Å²) in [6.07, 6.45) is 4.49. The Hall–Kier alpha value is -2.88. The summed E-state index contributed by atoms with van der Waals surface area (Å²) >= 11 is 0. The van der Waals surface area contributed by atoms with Crippen LogP contribution in [0.1, 0.15) is 23.5 Å². The van der Waals surface area contributed by atoms with Gasteiger partial charge in [0, 0.05) is 28.6 Å². The summed E-state index contributed by atoms with van der Waals surface area (Å²) in [5.41, 5.74) is 5.92. The molecule has 23 heavy (non-hydrogen) atoms. The van der Waals surface area contributed by atoms with Crippen molar-refractivity contribution in [1.82, 2.24) is 10.4 Å². The molecule has 0 saturated heterocycles. The van der Waals surface area contributed by atoms with E-state index in [9.17, 15) is 4.79 Å². The van der Waals surface area contributed by atoms with E-state index in [-0.39, 0.29) is 11.8 Å². The molecule has 1 fully saturated rings. The number of hydrazone groups is 1. The van der Waals surface area contributed by atoms with Crippen LogP contribution in [0.3, 0.4) is 0 Å². The highest BCUT2D eigenvalue weighted by molar-refractivity contribution is 5.99. The third-order valence-electron chi connectivity index (χ3n) is 4.35. The summed E-state index contributed by atoms with van der Waals surface area (Å²) in [6, 6.07) is 18.2. The van der Waals surface area contributed by atoms with Gasteiger partial charge in [0.15, 0.2) is 0 Å². The van der Waals surface area contributed by atoms with Crippen molar-refractivity contribution < 1.29 is 4.79 Å². The van der Waals surface area contributed by atoms with E-state index in [0.29, 0.717) is 5.92 Å². The Morgan fingerprint density at radius 2 is 1.91 bits per heavy atom. The van der Waals surface area contributed by atoms with E-state index in [1.165, 1.54) is 5.56 Å². The second-order valence-corrected chi connectivity index (χ2v) is 5.88. The Morgan fingerprint density at radius 1 is 1.13 bits per heavy atom. The van der Waals surface area contributed by atoms with Gasteiger partial charge in [-0.2, -0.15) is 5.10 Å². The predicted molar refractivity (Wildman–Crippen MR) is 91.3 cm³/mol. The molecule has 0 aliphatic heterocycles. The molecule has 114 valence electrons. The van der Waals surface area contributed by atoms with Crippen molar-refractivity contribution in [2.45, 2.75) is 12.3 Å². The topological polar surface area (TPSA) is 57.2 Å². The molecule has 4 nitrogen and oxygen atoms in total. The molecular weight excluding hydrogens is 286 g/mol. The Kier molecular flexibility index (Phi) is 3.42. The number of hydrogen-bond acceptors (Lipinski definition) is 2. The van der Waals surface area contributed by atoms with E-state index < -0.39 is 0 Å². The number of para-hydroxylation sites is 1. The van der Waals surface area contributed by atoms with Crippen molar-refractivity contribution in [3.05, 3.63) is 71.9 Å². The number of carbonyl (C=O) groups excluding carboxylic acids is 1. The van der Waals surface area contributed by atoms with Gasteiger partial charge in [0.25, 0.3) is 0 Å². The molecule has 3 aromatic rings. The molecule has 1 aliphatic rings. The third-order valence-corrected chi connectivity index (χ3v) is 4.35. The van der Waals surface area contributed by atoms with Crippen LogP contribution in [0, 0.1) is 5.92 Å². The van der Waals surface area contributed by atoms with Crippen molar-refractivity contribution >= 4 is 23.0 Å². The van der Waals surface area contributed by atoms with Gasteiger partial charge in [-0.15, -0.1) is 0 Å². The number of H-pyrrole nitrogens is 1. The molecule has 1 aromatic heterocycles. The fourth-order valence-corrected chi connectivity index (χ4v) is 3.00. The van der Waals surface area contributed by atoms with Gasteiger partial charge in [0.2, 0.25) is 5.91 Å². The molecule has 2 atom stereocenters. The van der Waals surface area contributed by atoms with Crippen LogP contribution >= 0.6 is 0 Å². The molecule has 0 unspecified atom stereocenters. The molecule has 2 N–H and O–H groups in total. The minimum absolute atomic E-state index is 0.00468. The lowest BCUT2D eigenvalue weighted by molar-refractivity contribution is -0.122. The first kappa shape index (κ1) is 13.8. The maximum Gasteiger partial charge on any atom is 0.243 e. The highest BCUT2D eigenvalue weighted by atomic mass is 16.2. The van der Waals surface area contributed by atoms with E-state index in [2.05, 4.69) is 27.6 Å². The molecule has 0 radical (unpaired) electrons. The summed E-state index contributed by atoms with van der Waals surface area (Å²) < 4.78 is 0. The first-order valence-corrected chi connectivity index (χ1v) is 7.77. The van der Waals surface area contributed by atoms with Crippen molar-refractivity contribution in [3.63, 3.8) is 0 Å². The standard InChI is InChI=1S/C19H17N3O/c23-19(17-10-16(17)13-6-2-1-3-7-13)22-21-12-14-11-20-18-9-5-4-8-15(14)18/h1-9,11-12,16-17,20H,10H2,(H,22,23)/b21-12+/t16-,17-/m0/s1. The van der Waals surface area contributed by atoms with Crippen molar-refractivity contribution in [3.8, 4) is 0 Å². The molecule has 4 heteroatoms. The van der Waals surface area contributed by atoms with Crippen LogP contribution in [0.4, 0.5) is 0 Å². The average Bonchev–Trinajstić information content (AvgIpc) is 3.31. The quantitative estimate of drug-likeness (QED) is 0.563. The van der Waals surface area contributed by atoms with Gasteiger partial charge in [-0.25, -0.2) is 5.43 Å². The maximum atomic E-state index is 12.1. The molecule has 1 heterocycles. The zero-order valence-electron chi connectivity index (χ0n) is 12.6. The lowest BCUT2D eigenvalue weighted by atomic mass is 10.1. The highest BCUT2D eigenvalue weighted by Gasteiger charge is 2.43. The van der Waals surface area contributed by atoms with Gasteiger partial charge in [0.05, 0.1) is 6.21 Å². The Labute approximate surface area is 134 Å². The Bertz CT molecular complexity index is 866. The summed E-state index contributed by atoms with van der Waals surface area (Å²) in [5.74, 6) is 0.368. The number of carbonyl (C=O) groups is 1. The molecule has 0 bridgehead atoms. The maximum absolute atomic E-state index is 12.1. The number of benzene rings is 2. The fraction of sp³-hybridized carbons (Fsp3) is 0.158. The van der Waals surface area contributed by atoms with E-state index in [4.69, 9.17) is 0 Å². The van der Waals surface area contributed by atoms with Gasteiger partial charge in [-0.3, -0.25) is 4.79 Å². The zero-order valence-corrected chi connectivity index (χ0v) is 12.6. The minimum atomic E-state index is -0.00468. The summed E-state index contributed by atoms with van der Waals surface area (Å²) in [4.78, 5) is 15.3. The summed E-state index contributed by atoms with van der Waals surface area (Å²) in [7, 11) is 0. The third kappa shape index (κ3) is 2.75. The van der Waals surface area contributed by atoms with Gasteiger partial charge < -0.3 is 4.98 Å². The minimum Gasteiger partial charge on any atom is -0.361 e. The Balaban J connectivity index is 1.39. The van der Waals surface area contributed by atoms with Crippen LogP contribution in [0.25, 0.3) is 10.9 Å². The van der Waals surface area contributed by atoms with E-state index in [0.717, 1.165) is 22.9 Å². The largest absolute Gasteiger partial charge is 0.361 e. The van der Waals surface area contributed by atoms with E-state index in [1.54, 1.807) is 6.21 Å². The Morgan fingerprint density at radius 3 is 2.78 bits per heavy atom. The van der Waals surface area contributed by atoms with Crippen molar-refractivity contribution in [1.29, 1.82) is 0 Å². The highest BCUT2D eigenvalue weighted by Crippen LogP contribution is 2.47. The van der Waals surface area contributed by atoms with E-state index >= 15 is 0 Å². The van der Waals surface area contributed by atoms with Crippen LogP contribution in [0.15, 0.2) is 65.9 Å². The molecule has 2 aromatic carbocycles. The number of nitrogens with zero attached hydrogens (tertiary/aromatic N) is 1. The smallest absolute Gasteiger partial charge is 0.243 e. The number of nitrogens with one attached hydrogen (secondary N) is 2. The van der Waals surface area contributed by atoms with Crippen LogP contribution < -0.4 is 5.43 Å². The number of aromatic amines is 1. The molecule has 4 rings (SSSR count). The monoisotopic (exact) mass is 303 g/mol. The number of hydrogen-bond donors (Lipinski definition) is 2. The van der Waals surface area contributed by atoms with Gasteiger partial charge >= 0.3 is 0 Å². The lowest BCUT2D eigenvalue weighted by Crippen LogP contribution is -2.20. The first-order chi connectivity index (χ1) is 11.3. The summed E-state index contributed by atoms with van der Waals surface area (Å²) in [6.45, 7) is 0. The summed E-state index contributed by atoms with van der Waals surface area (Å²) in [5, 5.41) is 5.21. The van der Waals surface area contributed by atoms with Gasteiger partial charge in [-0.1, -0.05) is 48.5 Å². The van der Waals surface area contributed by atoms with Crippen LogP contribution in [-0.4, -0.2) is 17.1 Å². The normalized spacial score (nSPS) is 20.0. The van der Waals surface area contributed by atoms with E-state index in [1.807, 2.05) is 48.7 Å². The van der Waals surface area contributed by atoms with Gasteiger partial charge in [-0.05, 0) is 24.0 Å². The molecule has 1 saturated carbocycles. The number of amides is 1. The zero-order chi connectivity index (χ0) is 15.6. The second kappa shape index (κ2) is 5.72. The second-order valence-electron chi connectivity index (χ2n) is 5.88. The lowest BCUT2D eigenvalue weighted by Gasteiger charge is -1.99. The predicted octanol–water partition coefficient (Wildman–Crippen LogP) is 3.42. The SMILES string of the molecule is O=C(N/N=C/c1c[nH]c2ccccc12)[C@H]1C[C@H]1c1ccccc1. The van der Waals surface area contributed by atoms with Crippen LogP contribution in [0.5, 0.6) is 0 Å². The molecule has 1 aliphatic carbocycles. The fourth-order valence-electron chi connectivity index (χ4n) is 3.00. The van der Waals surface area contributed by atoms with Crippen molar-refractivity contribution in [2.24, 2.45) is 11.0 Å². The molecular formula is C19H17N3O. The molecule has 0 spiro atoms. The molecule has 1 amide bonds. The first-order valence-electron chi connectivity index (χ1n) is 7.77. The van der Waals surface area contributed by atoms with Crippen LogP contribution in [-0.2, 0) is 4.79 Å². The number of fused-ring (bicyclic) bond motifs is 1. The van der Waals surface area contributed by atoms with Crippen LogP contribution in [0.2, 0.25) is 0 Å². The van der Waals surface area contributed by atoms with Gasteiger partial charge in [0.1, 0.15) is 0 Å². The average molecular weight is 303 g/mol. The van der Waals surface area contributed by atoms with Crippen molar-refractivity contribution in [2.75, 3.05) is 0 Å².